The molecule has 3 N–H and O–H groups in total. The highest BCUT2D eigenvalue weighted by Gasteiger charge is 2.20. The summed E-state index contributed by atoms with van der Waals surface area (Å²) < 4.78 is 22.8. The molecule has 1 aromatic heterocycles. The maximum Gasteiger partial charge on any atom is 0.254 e. The normalized spacial score (nSPS) is 12.9. The van der Waals surface area contributed by atoms with Crippen LogP contribution in [0.5, 0.6) is 0 Å². The van der Waals surface area contributed by atoms with Gasteiger partial charge >= 0.3 is 0 Å². The zero-order chi connectivity index (χ0) is 19.9. The molecule has 6 nitrogen and oxygen atoms in total. The molecule has 0 saturated carbocycles. The number of rotatable bonds is 4. The Bertz CT molecular complexity index is 1120. The first kappa shape index (κ1) is 19.1. The molecule has 0 spiro atoms. The van der Waals surface area contributed by atoms with Crippen LogP contribution in [0.3, 0.4) is 0 Å². The van der Waals surface area contributed by atoms with Gasteiger partial charge in [-0.3, -0.25) is 4.79 Å². The van der Waals surface area contributed by atoms with Crippen LogP contribution in [0.25, 0.3) is 10.9 Å². The molecule has 0 aliphatic heterocycles. The lowest BCUT2D eigenvalue weighted by molar-refractivity contribution is 0.0742. The first-order valence-electron chi connectivity index (χ1n) is 8.58. The molecule has 3 aromatic rings. The molecule has 0 bridgehead atoms. The number of sulfonamides is 1. The number of nitrogens with two attached hydrogens (primary N) is 1. The Morgan fingerprint density at radius 1 is 1.11 bits per heavy atom. The maximum absolute atomic E-state index is 12.9. The average molecular weight is 385 g/mol. The van der Waals surface area contributed by atoms with E-state index in [4.69, 9.17) is 5.14 Å². The third-order valence-electron chi connectivity index (χ3n) is 5.15. The van der Waals surface area contributed by atoms with Crippen LogP contribution in [-0.2, 0) is 10.0 Å². The van der Waals surface area contributed by atoms with Gasteiger partial charge in [0, 0.05) is 29.2 Å². The molecule has 0 aliphatic carbocycles. The van der Waals surface area contributed by atoms with Gasteiger partial charge in [0.15, 0.2) is 0 Å². The van der Waals surface area contributed by atoms with Crippen molar-refractivity contribution in [2.24, 2.45) is 5.14 Å². The minimum Gasteiger partial charge on any atom is -0.358 e. The summed E-state index contributed by atoms with van der Waals surface area (Å²) in [5.74, 6) is -0.0989. The molecule has 3 rings (SSSR count). The van der Waals surface area contributed by atoms with Crippen LogP contribution >= 0.6 is 0 Å². The Labute approximate surface area is 159 Å². The van der Waals surface area contributed by atoms with Gasteiger partial charge in [0.05, 0.1) is 10.9 Å². The molecule has 1 atom stereocenters. The fraction of sp³-hybridized carbons (Fsp3) is 0.250. The summed E-state index contributed by atoms with van der Waals surface area (Å²) in [6, 6.07) is 11.7. The number of hydrogen-bond donors (Lipinski definition) is 2. The van der Waals surface area contributed by atoms with Crippen LogP contribution < -0.4 is 5.14 Å². The number of H-pyrrole nitrogens is 1. The van der Waals surface area contributed by atoms with Crippen LogP contribution in [0.2, 0.25) is 0 Å². The lowest BCUT2D eigenvalue weighted by Gasteiger charge is -2.25. The summed E-state index contributed by atoms with van der Waals surface area (Å²) in [7, 11) is -2.00. The van der Waals surface area contributed by atoms with Gasteiger partial charge in [0.2, 0.25) is 10.0 Å². The van der Waals surface area contributed by atoms with Crippen molar-refractivity contribution < 1.29 is 13.2 Å². The molecule has 1 heterocycles. The average Bonchev–Trinajstić information content (AvgIpc) is 2.93. The number of carbonyl (C=O) groups excluding carboxylic acids is 1. The minimum atomic E-state index is -3.73. The minimum absolute atomic E-state index is 0.0520. The number of benzene rings is 2. The molecule has 2 aromatic carbocycles. The monoisotopic (exact) mass is 385 g/mol. The highest BCUT2D eigenvalue weighted by atomic mass is 32.2. The van der Waals surface area contributed by atoms with Gasteiger partial charge in [-0.15, -0.1) is 0 Å². The third-order valence-corrected chi connectivity index (χ3v) is 6.08. The van der Waals surface area contributed by atoms with Crippen molar-refractivity contribution in [1.82, 2.24) is 9.88 Å². The summed E-state index contributed by atoms with van der Waals surface area (Å²) in [6.45, 7) is 5.94. The Hall–Kier alpha value is -2.64. The number of primary sulfonamides is 1. The summed E-state index contributed by atoms with van der Waals surface area (Å²) in [5, 5.41) is 6.17. The van der Waals surface area contributed by atoms with Gasteiger partial charge in [-0.1, -0.05) is 12.1 Å². The fourth-order valence-electron chi connectivity index (χ4n) is 3.13. The molecule has 1 unspecified atom stereocenters. The van der Waals surface area contributed by atoms with Crippen LogP contribution in [0, 0.1) is 13.8 Å². The summed E-state index contributed by atoms with van der Waals surface area (Å²) in [5.41, 5.74) is 4.67. The largest absolute Gasteiger partial charge is 0.358 e. The topological polar surface area (TPSA) is 96.3 Å². The molecule has 0 radical (unpaired) electrons. The van der Waals surface area contributed by atoms with E-state index in [0.29, 0.717) is 5.56 Å². The highest BCUT2D eigenvalue weighted by molar-refractivity contribution is 7.89. The summed E-state index contributed by atoms with van der Waals surface area (Å²) in [4.78, 5) is 17.9. The van der Waals surface area contributed by atoms with Crippen molar-refractivity contribution in [2.75, 3.05) is 7.05 Å². The van der Waals surface area contributed by atoms with E-state index in [1.165, 1.54) is 12.1 Å². The van der Waals surface area contributed by atoms with Crippen molar-refractivity contribution in [3.8, 4) is 0 Å². The molecule has 0 fully saturated rings. The molecule has 1 amide bonds. The fourth-order valence-corrected chi connectivity index (χ4v) is 3.65. The van der Waals surface area contributed by atoms with Gasteiger partial charge in [0.25, 0.3) is 5.91 Å². The maximum atomic E-state index is 12.9. The summed E-state index contributed by atoms with van der Waals surface area (Å²) in [6.07, 6.45) is 0. The number of aromatic nitrogens is 1. The van der Waals surface area contributed by atoms with Gasteiger partial charge < -0.3 is 9.88 Å². The second-order valence-corrected chi connectivity index (χ2v) is 8.40. The smallest absolute Gasteiger partial charge is 0.254 e. The van der Waals surface area contributed by atoms with Gasteiger partial charge in [-0.25, -0.2) is 13.6 Å². The molecule has 0 aliphatic rings. The Morgan fingerprint density at radius 2 is 1.74 bits per heavy atom. The van der Waals surface area contributed by atoms with Crippen LogP contribution in [0.1, 0.15) is 40.1 Å². The predicted octanol–water partition coefficient (Wildman–Crippen LogP) is 3.27. The molecule has 142 valence electrons. The first-order chi connectivity index (χ1) is 12.6. The molecule has 0 saturated heterocycles. The molecule has 27 heavy (non-hydrogen) atoms. The van der Waals surface area contributed by atoms with Crippen molar-refractivity contribution in [3.63, 3.8) is 0 Å². The number of nitrogens with one attached hydrogen (secondary N) is 1. The van der Waals surface area contributed by atoms with E-state index < -0.39 is 10.0 Å². The Balaban J connectivity index is 1.87. The zero-order valence-corrected chi connectivity index (χ0v) is 16.6. The number of fused-ring (bicyclic) bond motifs is 1. The lowest BCUT2D eigenvalue weighted by Crippen LogP contribution is -2.29. The number of carbonyl (C=O) groups is 1. The van der Waals surface area contributed by atoms with E-state index in [1.54, 1.807) is 24.1 Å². The van der Waals surface area contributed by atoms with Crippen LogP contribution in [-0.4, -0.2) is 31.3 Å². The van der Waals surface area contributed by atoms with Crippen LogP contribution in [0.4, 0.5) is 0 Å². The SMILES string of the molecule is Cc1[nH]c2ccc(C(=O)N(C)C(C)c3ccc(S(N)(=O)=O)cc3)cc2c1C. The van der Waals surface area contributed by atoms with Crippen molar-refractivity contribution in [3.05, 3.63) is 64.8 Å². The zero-order valence-electron chi connectivity index (χ0n) is 15.8. The van der Waals surface area contributed by atoms with Gasteiger partial charge in [-0.05, 0) is 62.2 Å². The Kier molecular flexibility index (Phi) is 4.84. The highest BCUT2D eigenvalue weighted by Crippen LogP contribution is 2.26. The quantitative estimate of drug-likeness (QED) is 0.721. The predicted molar refractivity (Wildman–Crippen MR) is 106 cm³/mol. The Morgan fingerprint density at radius 3 is 2.33 bits per heavy atom. The lowest BCUT2D eigenvalue weighted by atomic mass is 10.0. The van der Waals surface area contributed by atoms with Crippen molar-refractivity contribution in [1.29, 1.82) is 0 Å². The molecular weight excluding hydrogens is 362 g/mol. The van der Waals surface area contributed by atoms with Crippen molar-refractivity contribution >= 4 is 26.8 Å². The van der Waals surface area contributed by atoms with E-state index >= 15 is 0 Å². The number of aryl methyl sites for hydroxylation is 2. The van der Waals surface area contributed by atoms with E-state index in [9.17, 15) is 13.2 Å². The van der Waals surface area contributed by atoms with Crippen molar-refractivity contribution in [2.45, 2.75) is 31.7 Å². The number of aromatic amines is 1. The van der Waals surface area contributed by atoms with E-state index in [-0.39, 0.29) is 16.8 Å². The standard InChI is InChI=1S/C20H23N3O3S/c1-12-13(2)22-19-10-7-16(11-18(12)19)20(24)23(4)14(3)15-5-8-17(9-6-15)27(21,25)26/h5-11,14,22H,1-4H3,(H2,21,25,26). The van der Waals surface area contributed by atoms with E-state index in [1.807, 2.05) is 39.0 Å². The van der Waals surface area contributed by atoms with Gasteiger partial charge in [-0.2, -0.15) is 0 Å². The number of nitrogens with zero attached hydrogens (tertiary/aromatic N) is 1. The molecule has 7 heteroatoms. The first-order valence-corrected chi connectivity index (χ1v) is 10.1. The summed E-state index contributed by atoms with van der Waals surface area (Å²) >= 11 is 0. The van der Waals surface area contributed by atoms with Gasteiger partial charge in [0.1, 0.15) is 0 Å². The van der Waals surface area contributed by atoms with E-state index in [0.717, 1.165) is 27.7 Å². The second-order valence-electron chi connectivity index (χ2n) is 6.84. The third kappa shape index (κ3) is 3.61. The number of amides is 1. The van der Waals surface area contributed by atoms with Crippen LogP contribution in [0.15, 0.2) is 47.4 Å². The second kappa shape index (κ2) is 6.83. The number of hydrogen-bond acceptors (Lipinski definition) is 3. The molecular formula is C20H23N3O3S. The van der Waals surface area contributed by atoms with E-state index in [2.05, 4.69) is 4.98 Å².